The zero-order valence-corrected chi connectivity index (χ0v) is 12.6. The van der Waals surface area contributed by atoms with E-state index in [0.29, 0.717) is 0 Å². The van der Waals surface area contributed by atoms with Gasteiger partial charge in [-0.25, -0.2) is 0 Å². The summed E-state index contributed by atoms with van der Waals surface area (Å²) in [5, 5.41) is 0. The van der Waals surface area contributed by atoms with Crippen LogP contribution >= 0.6 is 22.6 Å². The fourth-order valence-electron chi connectivity index (χ4n) is 1.80. The average Bonchev–Trinajstić information content (AvgIpc) is 2.30. The third kappa shape index (κ3) is 4.98. The Balaban J connectivity index is 0. The van der Waals surface area contributed by atoms with Gasteiger partial charge >= 0.3 is 0 Å². The molecule has 0 aliphatic rings. The first-order valence-corrected chi connectivity index (χ1v) is 7.46. The molecule has 1 aromatic rings. The van der Waals surface area contributed by atoms with E-state index in [4.69, 9.17) is 0 Å². The van der Waals surface area contributed by atoms with E-state index in [0.717, 1.165) is 12.8 Å². The van der Waals surface area contributed by atoms with Crippen LogP contribution in [0.3, 0.4) is 0 Å². The molecule has 0 aliphatic carbocycles. The summed E-state index contributed by atoms with van der Waals surface area (Å²) in [4.78, 5) is 1.97. The summed E-state index contributed by atoms with van der Waals surface area (Å²) in [6, 6.07) is 6.67. The third-order valence-electron chi connectivity index (χ3n) is 2.49. The Labute approximate surface area is 108 Å². The van der Waals surface area contributed by atoms with Crippen LogP contribution in [0.5, 0.6) is 0 Å². The molecule has 0 heterocycles. The molecule has 0 spiro atoms. The Kier molecular flexibility index (Phi) is 12.0. The third-order valence-corrected chi connectivity index (χ3v) is 2.49. The lowest BCUT2D eigenvalue weighted by Crippen LogP contribution is -1.96. The molecule has 0 unspecified atom stereocenters. The number of hydrogen-bond donors (Lipinski definition) is 1. The van der Waals surface area contributed by atoms with Gasteiger partial charge in [0, 0.05) is 0 Å². The quantitative estimate of drug-likeness (QED) is 0.641. The number of aryl methyl sites for hydroxylation is 2. The zero-order chi connectivity index (χ0) is 11.0. The van der Waals surface area contributed by atoms with Gasteiger partial charge in [0.2, 0.25) is 0 Å². The van der Waals surface area contributed by atoms with Crippen LogP contribution in [0.25, 0.3) is 0 Å². The van der Waals surface area contributed by atoms with E-state index in [1.54, 1.807) is 5.56 Å². The molecule has 0 aliphatic heterocycles. The smallest absolute Gasteiger partial charge is 0.0121 e. The second kappa shape index (κ2) is 10.4. The van der Waals surface area contributed by atoms with E-state index in [1.165, 1.54) is 17.5 Å². The largest absolute Gasteiger partial charge is 0.344 e. The number of benzene rings is 1. The van der Waals surface area contributed by atoms with Gasteiger partial charge in [0.1, 0.15) is 0 Å². The van der Waals surface area contributed by atoms with Crippen molar-refractivity contribution in [1.29, 1.82) is 0 Å². The first-order valence-electron chi connectivity index (χ1n) is 5.30. The molecule has 0 amide bonds. The van der Waals surface area contributed by atoms with Crippen LogP contribution in [0.15, 0.2) is 18.2 Å². The summed E-state index contributed by atoms with van der Waals surface area (Å²) in [5.74, 6) is 0. The van der Waals surface area contributed by atoms with Gasteiger partial charge < -0.3 is 6.15 Å². The molecular weight excluding hydrogens is 297 g/mol. The van der Waals surface area contributed by atoms with E-state index in [-0.39, 0.29) is 6.15 Å². The summed E-state index contributed by atoms with van der Waals surface area (Å²) in [6.45, 7) is 6.70. The molecule has 0 bridgehead atoms. The van der Waals surface area contributed by atoms with Crippen molar-refractivity contribution in [3.63, 3.8) is 0 Å². The summed E-state index contributed by atoms with van der Waals surface area (Å²) >= 11 is 2.15. The molecular formula is C13H24IN. The normalized spacial score (nSPS) is 8.60. The summed E-state index contributed by atoms with van der Waals surface area (Å²) in [7, 11) is 0. The van der Waals surface area contributed by atoms with Crippen molar-refractivity contribution < 1.29 is 0 Å². The van der Waals surface area contributed by atoms with Crippen molar-refractivity contribution in [3.8, 4) is 0 Å². The maximum atomic E-state index is 2.25. The molecule has 0 atom stereocenters. The van der Waals surface area contributed by atoms with Crippen LogP contribution in [0.4, 0.5) is 0 Å². The first kappa shape index (κ1) is 17.3. The van der Waals surface area contributed by atoms with E-state index in [2.05, 4.69) is 61.6 Å². The number of hydrogen-bond acceptors (Lipinski definition) is 1. The lowest BCUT2D eigenvalue weighted by molar-refractivity contribution is 0.981. The standard InChI is InChI=1S/C12H18.CH3I.H3N/c1-4-10-8-7-9-11(5-2)12(10)6-3;1-2;/h7-9H,4-6H2,1-3H3;1H3;1H3. The van der Waals surface area contributed by atoms with Gasteiger partial charge in [0.15, 0.2) is 0 Å². The molecule has 15 heavy (non-hydrogen) atoms. The highest BCUT2D eigenvalue weighted by molar-refractivity contribution is 14.1. The monoisotopic (exact) mass is 321 g/mol. The van der Waals surface area contributed by atoms with Crippen molar-refractivity contribution in [2.45, 2.75) is 40.0 Å². The van der Waals surface area contributed by atoms with E-state index < -0.39 is 0 Å². The molecule has 2 heteroatoms. The summed E-state index contributed by atoms with van der Waals surface area (Å²) in [5.41, 5.74) is 4.62. The maximum absolute atomic E-state index is 2.25. The van der Waals surface area contributed by atoms with Gasteiger partial charge in [-0.3, -0.25) is 0 Å². The zero-order valence-electron chi connectivity index (χ0n) is 10.4. The topological polar surface area (TPSA) is 35.0 Å². The van der Waals surface area contributed by atoms with Crippen LogP contribution < -0.4 is 6.15 Å². The Morgan fingerprint density at radius 2 is 1.27 bits per heavy atom. The Morgan fingerprint density at radius 1 is 0.867 bits per heavy atom. The SMILES string of the molecule is CCc1cccc(CC)c1CC.CI.N. The fraction of sp³-hybridized carbons (Fsp3) is 0.538. The minimum Gasteiger partial charge on any atom is -0.344 e. The Hall–Kier alpha value is -0.0900. The molecule has 0 saturated heterocycles. The lowest BCUT2D eigenvalue weighted by atomic mass is 9.96. The molecule has 1 nitrogen and oxygen atoms in total. The Bertz CT molecular complexity index is 236. The second-order valence-corrected chi connectivity index (χ2v) is 3.12. The highest BCUT2D eigenvalue weighted by Crippen LogP contribution is 2.16. The molecule has 1 rings (SSSR count). The maximum Gasteiger partial charge on any atom is -0.0121 e. The summed E-state index contributed by atoms with van der Waals surface area (Å²) < 4.78 is 0. The number of rotatable bonds is 3. The lowest BCUT2D eigenvalue weighted by Gasteiger charge is -2.10. The van der Waals surface area contributed by atoms with Crippen molar-refractivity contribution in [3.05, 3.63) is 34.9 Å². The average molecular weight is 321 g/mol. The highest BCUT2D eigenvalue weighted by Gasteiger charge is 2.02. The molecule has 0 aromatic heterocycles. The molecule has 1 aromatic carbocycles. The van der Waals surface area contributed by atoms with Crippen molar-refractivity contribution in [1.82, 2.24) is 6.15 Å². The highest BCUT2D eigenvalue weighted by atomic mass is 127. The predicted molar refractivity (Wildman–Crippen MR) is 79.5 cm³/mol. The predicted octanol–water partition coefficient (Wildman–Crippen LogP) is 4.59. The summed E-state index contributed by atoms with van der Waals surface area (Å²) in [6.07, 6.45) is 3.50. The molecule has 0 fully saturated rings. The second-order valence-electron chi connectivity index (χ2n) is 3.12. The van der Waals surface area contributed by atoms with Crippen molar-refractivity contribution in [2.24, 2.45) is 0 Å². The van der Waals surface area contributed by atoms with Gasteiger partial charge in [-0.15, -0.1) is 0 Å². The van der Waals surface area contributed by atoms with Crippen LogP contribution in [0.2, 0.25) is 0 Å². The van der Waals surface area contributed by atoms with Crippen LogP contribution in [-0.2, 0) is 19.3 Å². The van der Waals surface area contributed by atoms with Gasteiger partial charge in [0.25, 0.3) is 0 Å². The van der Waals surface area contributed by atoms with E-state index in [9.17, 15) is 0 Å². The van der Waals surface area contributed by atoms with Gasteiger partial charge in [-0.1, -0.05) is 61.6 Å². The Morgan fingerprint density at radius 3 is 1.53 bits per heavy atom. The van der Waals surface area contributed by atoms with E-state index >= 15 is 0 Å². The minimum absolute atomic E-state index is 0. The van der Waals surface area contributed by atoms with Crippen LogP contribution in [0.1, 0.15) is 37.5 Å². The van der Waals surface area contributed by atoms with Crippen LogP contribution in [0, 0.1) is 0 Å². The molecule has 0 saturated carbocycles. The van der Waals surface area contributed by atoms with E-state index in [1.807, 2.05) is 4.93 Å². The first-order chi connectivity index (χ1) is 6.83. The number of halogens is 1. The molecule has 3 N–H and O–H groups in total. The molecule has 0 radical (unpaired) electrons. The minimum atomic E-state index is 0. The van der Waals surface area contributed by atoms with Crippen molar-refractivity contribution in [2.75, 3.05) is 4.93 Å². The fourth-order valence-corrected chi connectivity index (χ4v) is 1.80. The van der Waals surface area contributed by atoms with Gasteiger partial charge in [0.05, 0.1) is 0 Å². The molecule has 88 valence electrons. The van der Waals surface area contributed by atoms with Crippen molar-refractivity contribution >= 4 is 22.6 Å². The van der Waals surface area contributed by atoms with Gasteiger partial charge in [-0.2, -0.15) is 0 Å². The van der Waals surface area contributed by atoms with Gasteiger partial charge in [-0.05, 0) is 40.9 Å². The van der Waals surface area contributed by atoms with Crippen LogP contribution in [-0.4, -0.2) is 4.93 Å². The number of alkyl halides is 1.